The molecule has 6 nitrogen and oxygen atoms in total. The standard InChI is InChI=1S/C11H12BrNO5S/c1-5(14)13-6(11(17)18)4-19-10-8(16)3-2-7(15)9(10)12/h2-3,6,15-16H,4H2,1H3,(H,13,14)(H,17,18)/t6-/m1/s1. The number of aliphatic carboxylic acids is 1. The molecule has 0 aromatic heterocycles. The highest BCUT2D eigenvalue weighted by Crippen LogP contribution is 2.40. The van der Waals surface area contributed by atoms with E-state index in [-0.39, 0.29) is 21.7 Å². The molecule has 0 aliphatic rings. The molecule has 0 unspecified atom stereocenters. The molecule has 1 amide bonds. The van der Waals surface area contributed by atoms with E-state index in [1.165, 1.54) is 19.1 Å². The first-order chi connectivity index (χ1) is 8.82. The number of hydrogen-bond donors (Lipinski definition) is 4. The lowest BCUT2D eigenvalue weighted by Crippen LogP contribution is -2.41. The summed E-state index contributed by atoms with van der Waals surface area (Å²) in [4.78, 5) is 22.1. The van der Waals surface area contributed by atoms with Crippen molar-refractivity contribution in [3.8, 4) is 11.5 Å². The Balaban J connectivity index is 2.82. The van der Waals surface area contributed by atoms with Crippen LogP contribution in [0.5, 0.6) is 11.5 Å². The molecular formula is C11H12BrNO5S. The van der Waals surface area contributed by atoms with E-state index in [2.05, 4.69) is 21.2 Å². The molecular weight excluding hydrogens is 338 g/mol. The van der Waals surface area contributed by atoms with Crippen LogP contribution in [0.4, 0.5) is 0 Å². The lowest BCUT2D eigenvalue weighted by Gasteiger charge is -2.14. The van der Waals surface area contributed by atoms with E-state index >= 15 is 0 Å². The summed E-state index contributed by atoms with van der Waals surface area (Å²) in [6.07, 6.45) is 0. The van der Waals surface area contributed by atoms with Crippen molar-refractivity contribution in [3.05, 3.63) is 16.6 Å². The number of phenols is 2. The molecule has 1 atom stereocenters. The van der Waals surface area contributed by atoms with Crippen molar-refractivity contribution in [3.63, 3.8) is 0 Å². The first-order valence-corrected chi connectivity index (χ1v) is 6.94. The van der Waals surface area contributed by atoms with Gasteiger partial charge in [0.1, 0.15) is 17.5 Å². The zero-order valence-corrected chi connectivity index (χ0v) is 12.3. The van der Waals surface area contributed by atoms with Crippen LogP contribution < -0.4 is 5.32 Å². The van der Waals surface area contributed by atoms with Gasteiger partial charge in [0.05, 0.1) is 9.37 Å². The number of rotatable bonds is 5. The van der Waals surface area contributed by atoms with Crippen LogP contribution >= 0.6 is 27.7 Å². The Hall–Kier alpha value is -1.41. The molecule has 1 aromatic rings. The Labute approximate surface area is 122 Å². The van der Waals surface area contributed by atoms with Crippen LogP contribution in [-0.4, -0.2) is 39.0 Å². The average molecular weight is 350 g/mol. The number of phenolic OH excluding ortho intramolecular Hbond substituents is 2. The summed E-state index contributed by atoms with van der Waals surface area (Å²) in [6.45, 7) is 1.22. The molecule has 0 aliphatic heterocycles. The largest absolute Gasteiger partial charge is 0.507 e. The maximum atomic E-state index is 10.9. The fourth-order valence-electron chi connectivity index (χ4n) is 1.26. The lowest BCUT2D eigenvalue weighted by atomic mass is 10.3. The summed E-state index contributed by atoms with van der Waals surface area (Å²) >= 11 is 4.12. The number of aromatic hydroxyl groups is 2. The molecule has 0 fully saturated rings. The smallest absolute Gasteiger partial charge is 0.327 e. The summed E-state index contributed by atoms with van der Waals surface area (Å²) < 4.78 is 0.282. The number of halogens is 1. The second-order valence-electron chi connectivity index (χ2n) is 3.65. The maximum absolute atomic E-state index is 10.9. The van der Waals surface area contributed by atoms with Gasteiger partial charge in [-0.2, -0.15) is 0 Å². The summed E-state index contributed by atoms with van der Waals surface area (Å²) in [5, 5.41) is 30.4. The number of amides is 1. The van der Waals surface area contributed by atoms with E-state index in [0.717, 1.165) is 11.8 Å². The third kappa shape index (κ3) is 4.32. The maximum Gasteiger partial charge on any atom is 0.327 e. The lowest BCUT2D eigenvalue weighted by molar-refractivity contribution is -0.140. The van der Waals surface area contributed by atoms with Gasteiger partial charge in [-0.3, -0.25) is 4.79 Å². The Kier molecular flexibility index (Phi) is 5.49. The van der Waals surface area contributed by atoms with Gasteiger partial charge in [0, 0.05) is 12.7 Å². The second-order valence-corrected chi connectivity index (χ2v) is 5.47. The van der Waals surface area contributed by atoms with Gasteiger partial charge in [0.25, 0.3) is 0 Å². The van der Waals surface area contributed by atoms with Gasteiger partial charge in [-0.05, 0) is 28.1 Å². The van der Waals surface area contributed by atoms with Crippen LogP contribution in [0.3, 0.4) is 0 Å². The highest BCUT2D eigenvalue weighted by Gasteiger charge is 2.20. The van der Waals surface area contributed by atoms with Crippen LogP contribution in [0.25, 0.3) is 0 Å². The number of carboxylic acid groups (broad SMARTS) is 1. The van der Waals surface area contributed by atoms with Gasteiger partial charge < -0.3 is 20.6 Å². The Morgan fingerprint density at radius 1 is 1.37 bits per heavy atom. The molecule has 0 saturated carbocycles. The highest BCUT2D eigenvalue weighted by atomic mass is 79.9. The molecule has 0 bridgehead atoms. The Morgan fingerprint density at radius 2 is 1.95 bits per heavy atom. The quantitative estimate of drug-likeness (QED) is 0.474. The molecule has 1 aromatic carbocycles. The average Bonchev–Trinajstić information content (AvgIpc) is 2.32. The van der Waals surface area contributed by atoms with Gasteiger partial charge >= 0.3 is 5.97 Å². The first kappa shape index (κ1) is 15.6. The molecule has 104 valence electrons. The van der Waals surface area contributed by atoms with Crippen LogP contribution in [0.2, 0.25) is 0 Å². The number of nitrogens with one attached hydrogen (secondary N) is 1. The molecule has 0 saturated heterocycles. The molecule has 1 rings (SSSR count). The SMILES string of the molecule is CC(=O)N[C@H](CSc1c(O)ccc(O)c1Br)C(=O)O. The monoisotopic (exact) mass is 349 g/mol. The predicted octanol–water partition coefficient (Wildman–Crippen LogP) is 1.54. The van der Waals surface area contributed by atoms with Crippen LogP contribution in [-0.2, 0) is 9.59 Å². The van der Waals surface area contributed by atoms with Crippen LogP contribution in [0, 0.1) is 0 Å². The third-order valence-corrected chi connectivity index (χ3v) is 4.39. The Morgan fingerprint density at radius 3 is 2.47 bits per heavy atom. The van der Waals surface area contributed by atoms with Crippen molar-refractivity contribution in [1.29, 1.82) is 0 Å². The molecule has 8 heteroatoms. The van der Waals surface area contributed by atoms with Gasteiger partial charge in [-0.25, -0.2) is 4.79 Å². The van der Waals surface area contributed by atoms with Gasteiger partial charge in [-0.1, -0.05) is 0 Å². The number of hydrogen-bond acceptors (Lipinski definition) is 5. The van der Waals surface area contributed by atoms with Crippen LogP contribution in [0.15, 0.2) is 21.5 Å². The van der Waals surface area contributed by atoms with E-state index in [9.17, 15) is 19.8 Å². The van der Waals surface area contributed by atoms with E-state index in [0.29, 0.717) is 4.90 Å². The van der Waals surface area contributed by atoms with Crippen molar-refractivity contribution >= 4 is 39.6 Å². The van der Waals surface area contributed by atoms with Gasteiger partial charge in [0.2, 0.25) is 5.91 Å². The minimum Gasteiger partial charge on any atom is -0.507 e. The normalized spacial score (nSPS) is 11.9. The van der Waals surface area contributed by atoms with Crippen molar-refractivity contribution in [2.75, 3.05) is 5.75 Å². The van der Waals surface area contributed by atoms with E-state index < -0.39 is 17.9 Å². The van der Waals surface area contributed by atoms with Gasteiger partial charge in [-0.15, -0.1) is 11.8 Å². The zero-order valence-electron chi connectivity index (χ0n) is 9.88. The predicted molar refractivity (Wildman–Crippen MR) is 73.4 cm³/mol. The molecule has 4 N–H and O–H groups in total. The first-order valence-electron chi connectivity index (χ1n) is 5.16. The van der Waals surface area contributed by atoms with E-state index in [1.54, 1.807) is 0 Å². The molecule has 0 heterocycles. The van der Waals surface area contributed by atoms with E-state index in [1.807, 2.05) is 0 Å². The number of carbonyl (C=O) groups is 2. The fourth-order valence-corrected chi connectivity index (χ4v) is 2.94. The van der Waals surface area contributed by atoms with Crippen LogP contribution in [0.1, 0.15) is 6.92 Å². The molecule has 0 radical (unpaired) electrons. The zero-order chi connectivity index (χ0) is 14.6. The number of carboxylic acids is 1. The Bertz CT molecular complexity index is 508. The minimum absolute atomic E-state index is 0.0184. The number of benzene rings is 1. The summed E-state index contributed by atoms with van der Waals surface area (Å²) in [7, 11) is 0. The fraction of sp³-hybridized carbons (Fsp3) is 0.273. The highest BCUT2D eigenvalue weighted by molar-refractivity contribution is 9.10. The second kappa shape index (κ2) is 6.67. The number of thioether (sulfide) groups is 1. The molecule has 0 spiro atoms. The van der Waals surface area contributed by atoms with Gasteiger partial charge in [0.15, 0.2) is 0 Å². The topological polar surface area (TPSA) is 107 Å². The molecule has 19 heavy (non-hydrogen) atoms. The summed E-state index contributed by atoms with van der Waals surface area (Å²) in [5.41, 5.74) is 0. The number of carbonyl (C=O) groups excluding carboxylic acids is 1. The summed E-state index contributed by atoms with van der Waals surface area (Å²) in [5.74, 6) is -1.75. The molecule has 0 aliphatic carbocycles. The van der Waals surface area contributed by atoms with Crippen molar-refractivity contribution in [2.45, 2.75) is 17.9 Å². The minimum atomic E-state index is -1.17. The van der Waals surface area contributed by atoms with Crippen molar-refractivity contribution in [2.24, 2.45) is 0 Å². The van der Waals surface area contributed by atoms with Crippen molar-refractivity contribution < 1.29 is 24.9 Å². The van der Waals surface area contributed by atoms with E-state index in [4.69, 9.17) is 5.11 Å². The third-order valence-electron chi connectivity index (χ3n) is 2.13. The van der Waals surface area contributed by atoms with Crippen molar-refractivity contribution in [1.82, 2.24) is 5.32 Å². The summed E-state index contributed by atoms with van der Waals surface area (Å²) in [6, 6.07) is 1.54.